The van der Waals surface area contributed by atoms with Gasteiger partial charge in [0.2, 0.25) is 5.05 Å². The zero-order valence-corrected chi connectivity index (χ0v) is 13.7. The van der Waals surface area contributed by atoms with Crippen molar-refractivity contribution >= 4 is 50.8 Å². The number of nitrogens with one attached hydrogen (secondary N) is 1. The molecule has 20 heavy (non-hydrogen) atoms. The molecule has 3 aliphatic rings. The van der Waals surface area contributed by atoms with Crippen molar-refractivity contribution in [1.82, 2.24) is 5.32 Å². The third-order valence-electron chi connectivity index (χ3n) is 3.24. The van der Waals surface area contributed by atoms with E-state index in [1.807, 2.05) is 18.2 Å². The van der Waals surface area contributed by atoms with Crippen LogP contribution in [-0.4, -0.2) is 48.9 Å². The number of allylic oxidation sites excluding steroid dienone is 5. The molecule has 1 atom stereocenters. The minimum Gasteiger partial charge on any atom is -0.445 e. The standard InChI is InChI=1S/C13H11NO4S.Na/c15-13-10(9-3-1-2-4-11(9)14-13)7-8-5-6-12(18-8)19(16)17;/h1-2,4-5,7,9H,3,6H2,(H,14,15);. The Hall–Kier alpha value is -1.08. The molecule has 1 radical (unpaired) electrons. The summed E-state index contributed by atoms with van der Waals surface area (Å²) in [4.78, 5) is 11.9. The summed E-state index contributed by atoms with van der Waals surface area (Å²) in [5.41, 5.74) is 1.49. The predicted molar refractivity (Wildman–Crippen MR) is 75.0 cm³/mol. The first-order chi connectivity index (χ1) is 9.15. The van der Waals surface area contributed by atoms with Gasteiger partial charge in [0, 0.05) is 53.2 Å². The third-order valence-corrected chi connectivity index (χ3v) is 3.86. The van der Waals surface area contributed by atoms with Crippen molar-refractivity contribution in [3.8, 4) is 0 Å². The molecule has 7 heteroatoms. The van der Waals surface area contributed by atoms with Gasteiger partial charge >= 0.3 is 0 Å². The number of carbonyl (C=O) groups excluding carboxylic acids is 1. The molecule has 1 amide bonds. The van der Waals surface area contributed by atoms with Gasteiger partial charge in [-0.15, -0.1) is 0 Å². The van der Waals surface area contributed by atoms with E-state index in [1.165, 1.54) is 0 Å². The van der Waals surface area contributed by atoms with E-state index in [0.29, 0.717) is 11.3 Å². The van der Waals surface area contributed by atoms with Gasteiger partial charge in [0.15, 0.2) is 0 Å². The van der Waals surface area contributed by atoms with E-state index < -0.39 is 10.3 Å². The van der Waals surface area contributed by atoms with Crippen LogP contribution in [0.2, 0.25) is 0 Å². The third kappa shape index (κ3) is 2.83. The summed E-state index contributed by atoms with van der Waals surface area (Å²) in [6.07, 6.45) is 10.1. The van der Waals surface area contributed by atoms with Gasteiger partial charge in [0.1, 0.15) is 5.76 Å². The molecule has 1 N–H and O–H groups in total. The monoisotopic (exact) mass is 300 g/mol. The van der Waals surface area contributed by atoms with Crippen molar-refractivity contribution in [2.45, 2.75) is 12.8 Å². The number of carbonyl (C=O) groups is 1. The van der Waals surface area contributed by atoms with Crippen molar-refractivity contribution in [3.63, 3.8) is 0 Å². The fourth-order valence-electron chi connectivity index (χ4n) is 2.32. The second kappa shape index (κ2) is 6.13. The Balaban J connectivity index is 0.00000147. The van der Waals surface area contributed by atoms with Gasteiger partial charge < -0.3 is 10.1 Å². The van der Waals surface area contributed by atoms with E-state index in [9.17, 15) is 13.2 Å². The number of amides is 1. The van der Waals surface area contributed by atoms with Gasteiger partial charge in [-0.1, -0.05) is 12.2 Å². The van der Waals surface area contributed by atoms with E-state index in [2.05, 4.69) is 5.32 Å². The molecular formula is C13H11NNaO4S. The second-order valence-corrected chi connectivity index (χ2v) is 5.34. The van der Waals surface area contributed by atoms with Crippen molar-refractivity contribution in [3.05, 3.63) is 47.4 Å². The fourth-order valence-corrected chi connectivity index (χ4v) is 2.71. The molecule has 3 rings (SSSR count). The number of rotatable bonds is 1. The second-order valence-electron chi connectivity index (χ2n) is 4.41. The van der Waals surface area contributed by atoms with Crippen LogP contribution in [0.4, 0.5) is 0 Å². The van der Waals surface area contributed by atoms with E-state index in [-0.39, 0.29) is 52.9 Å². The predicted octanol–water partition coefficient (Wildman–Crippen LogP) is 0.435. The van der Waals surface area contributed by atoms with Crippen molar-refractivity contribution in [2.75, 3.05) is 0 Å². The van der Waals surface area contributed by atoms with Crippen LogP contribution in [0.5, 0.6) is 0 Å². The van der Waals surface area contributed by atoms with E-state index in [0.717, 1.165) is 12.1 Å². The van der Waals surface area contributed by atoms with Crippen LogP contribution in [0.1, 0.15) is 12.8 Å². The van der Waals surface area contributed by atoms with Crippen LogP contribution in [0.25, 0.3) is 0 Å². The Bertz CT molecular complexity index is 705. The molecular weight excluding hydrogens is 289 g/mol. The average Bonchev–Trinajstić information content (AvgIpc) is 2.96. The largest absolute Gasteiger partial charge is 0.445 e. The molecule has 99 valence electrons. The van der Waals surface area contributed by atoms with Gasteiger partial charge in [-0.3, -0.25) is 4.79 Å². The molecule has 0 bridgehead atoms. The molecule has 0 aromatic rings. The first-order valence-electron chi connectivity index (χ1n) is 5.88. The smallest absolute Gasteiger partial charge is 0.253 e. The Morgan fingerprint density at radius 1 is 1.40 bits per heavy atom. The summed E-state index contributed by atoms with van der Waals surface area (Å²) >= 11 is 0. The Labute approximate surface area is 139 Å². The molecule has 0 aromatic heterocycles. The van der Waals surface area contributed by atoms with E-state index >= 15 is 0 Å². The summed E-state index contributed by atoms with van der Waals surface area (Å²) in [7, 11) is -2.34. The molecule has 2 aliphatic heterocycles. The molecule has 0 saturated carbocycles. The zero-order chi connectivity index (χ0) is 13.4. The summed E-state index contributed by atoms with van der Waals surface area (Å²) in [6, 6.07) is 0. The van der Waals surface area contributed by atoms with E-state index in [4.69, 9.17) is 4.74 Å². The normalized spacial score (nSPS) is 25.4. The van der Waals surface area contributed by atoms with Gasteiger partial charge in [-0.25, -0.2) is 0 Å². The number of ether oxygens (including phenoxy) is 1. The van der Waals surface area contributed by atoms with Crippen LogP contribution in [0.15, 0.2) is 47.4 Å². The number of hydrogen-bond acceptors (Lipinski definition) is 4. The maximum atomic E-state index is 11.9. The first-order valence-corrected chi connectivity index (χ1v) is 6.95. The summed E-state index contributed by atoms with van der Waals surface area (Å²) in [5, 5.41) is 2.80. The molecule has 1 saturated heterocycles. The van der Waals surface area contributed by atoms with Crippen molar-refractivity contribution in [1.29, 1.82) is 0 Å². The molecule has 1 fully saturated rings. The Kier molecular flexibility index (Phi) is 4.70. The topological polar surface area (TPSA) is 72.5 Å². The quantitative estimate of drug-likeness (QED) is 0.433. The van der Waals surface area contributed by atoms with Crippen LogP contribution in [0, 0.1) is 5.92 Å². The molecule has 0 aromatic carbocycles. The fraction of sp³-hybridized carbons (Fsp3) is 0.231. The minimum absolute atomic E-state index is 0. The SMILES string of the molecule is O=C1NC2=CC=CCC2C1=CC1=CCC(=S(=O)=O)O1.[Na]. The maximum Gasteiger partial charge on any atom is 0.253 e. The van der Waals surface area contributed by atoms with Gasteiger partial charge in [-0.05, 0) is 24.6 Å². The maximum absolute atomic E-state index is 11.9. The zero-order valence-electron chi connectivity index (χ0n) is 10.9. The first kappa shape index (κ1) is 15.3. The van der Waals surface area contributed by atoms with Gasteiger partial charge in [0.05, 0.1) is 0 Å². The average molecular weight is 300 g/mol. The molecule has 0 spiro atoms. The molecule has 2 heterocycles. The van der Waals surface area contributed by atoms with Crippen molar-refractivity contribution < 1.29 is 17.9 Å². The minimum atomic E-state index is -2.34. The Morgan fingerprint density at radius 3 is 2.90 bits per heavy atom. The summed E-state index contributed by atoms with van der Waals surface area (Å²) < 4.78 is 26.7. The van der Waals surface area contributed by atoms with Crippen LogP contribution in [-0.2, 0) is 19.8 Å². The van der Waals surface area contributed by atoms with Gasteiger partial charge in [0.25, 0.3) is 16.2 Å². The van der Waals surface area contributed by atoms with Crippen LogP contribution >= 0.6 is 0 Å². The van der Waals surface area contributed by atoms with E-state index in [1.54, 1.807) is 12.2 Å². The number of fused-ring (bicyclic) bond motifs is 1. The van der Waals surface area contributed by atoms with Gasteiger partial charge in [-0.2, -0.15) is 8.42 Å². The molecule has 1 aliphatic carbocycles. The van der Waals surface area contributed by atoms with Crippen LogP contribution < -0.4 is 5.32 Å². The summed E-state index contributed by atoms with van der Waals surface area (Å²) in [6.45, 7) is 0. The van der Waals surface area contributed by atoms with Crippen molar-refractivity contribution in [2.24, 2.45) is 5.92 Å². The molecule has 1 unspecified atom stereocenters. The number of hydrogen-bond donors (Lipinski definition) is 1. The summed E-state index contributed by atoms with van der Waals surface area (Å²) in [5.74, 6) is 0.282. The Morgan fingerprint density at radius 2 is 2.20 bits per heavy atom. The van der Waals surface area contributed by atoms with Crippen LogP contribution in [0.3, 0.4) is 0 Å². The molecule has 5 nitrogen and oxygen atoms in total.